The van der Waals surface area contributed by atoms with Crippen molar-refractivity contribution in [1.82, 2.24) is 4.98 Å². The summed E-state index contributed by atoms with van der Waals surface area (Å²) in [6.45, 7) is 1.23. The van der Waals surface area contributed by atoms with Gasteiger partial charge >= 0.3 is 5.97 Å². The molecule has 1 aliphatic heterocycles. The van der Waals surface area contributed by atoms with Crippen LogP contribution in [0, 0.1) is 0 Å². The number of rotatable bonds is 3. The van der Waals surface area contributed by atoms with Gasteiger partial charge in [-0.1, -0.05) is 6.42 Å². The summed E-state index contributed by atoms with van der Waals surface area (Å²) in [5.41, 5.74) is 0.580. The molecule has 0 spiro atoms. The average molecular weight is 237 g/mol. The molecule has 5 nitrogen and oxygen atoms in total. The quantitative estimate of drug-likeness (QED) is 0.871. The number of nitrogens with zero attached hydrogens (tertiary/aromatic N) is 1. The van der Waals surface area contributed by atoms with E-state index in [1.54, 1.807) is 0 Å². The molecule has 1 aromatic rings. The third kappa shape index (κ3) is 1.84. The molecule has 3 rings (SSSR count). The zero-order chi connectivity index (χ0) is 11.8. The summed E-state index contributed by atoms with van der Waals surface area (Å²) in [5.74, 6) is 0.00534. The zero-order valence-corrected chi connectivity index (χ0v) is 9.52. The molecule has 1 saturated carbocycles. The van der Waals surface area contributed by atoms with Crippen LogP contribution in [0.4, 0.5) is 0 Å². The van der Waals surface area contributed by atoms with Crippen LogP contribution in [0.15, 0.2) is 4.42 Å². The van der Waals surface area contributed by atoms with Crippen molar-refractivity contribution in [1.29, 1.82) is 0 Å². The van der Waals surface area contributed by atoms with Crippen LogP contribution in [-0.2, 0) is 4.74 Å². The highest BCUT2D eigenvalue weighted by molar-refractivity contribution is 5.85. The standard InChI is InChI=1S/C12H15NO4/c14-12(15)10-9(8-4-5-16-6-8)13-11(17-10)7-2-1-3-7/h7-8H,1-6H2,(H,14,15). The van der Waals surface area contributed by atoms with Crippen LogP contribution in [0.5, 0.6) is 0 Å². The van der Waals surface area contributed by atoms with Crippen LogP contribution in [0.25, 0.3) is 0 Å². The third-order valence-corrected chi connectivity index (χ3v) is 3.63. The first-order valence-corrected chi connectivity index (χ1v) is 6.07. The Morgan fingerprint density at radius 2 is 2.12 bits per heavy atom. The minimum atomic E-state index is -1.02. The van der Waals surface area contributed by atoms with Crippen molar-refractivity contribution < 1.29 is 19.1 Å². The maximum atomic E-state index is 11.1. The molecule has 1 atom stereocenters. The molecule has 17 heavy (non-hydrogen) atoms. The van der Waals surface area contributed by atoms with Gasteiger partial charge in [0.25, 0.3) is 0 Å². The number of carbonyl (C=O) groups is 1. The number of hydrogen-bond acceptors (Lipinski definition) is 4. The van der Waals surface area contributed by atoms with Gasteiger partial charge in [-0.3, -0.25) is 0 Å². The minimum absolute atomic E-state index is 0.0161. The number of aromatic nitrogens is 1. The molecule has 1 aliphatic carbocycles. The summed E-state index contributed by atoms with van der Waals surface area (Å²) in [6, 6.07) is 0. The lowest BCUT2D eigenvalue weighted by Gasteiger charge is -2.21. The Bertz CT molecular complexity index is 430. The second kappa shape index (κ2) is 4.14. The maximum Gasteiger partial charge on any atom is 0.373 e. The molecule has 5 heteroatoms. The van der Waals surface area contributed by atoms with Gasteiger partial charge in [0, 0.05) is 18.4 Å². The van der Waals surface area contributed by atoms with E-state index >= 15 is 0 Å². The Morgan fingerprint density at radius 3 is 2.65 bits per heavy atom. The number of oxazole rings is 1. The fraction of sp³-hybridized carbons (Fsp3) is 0.667. The topological polar surface area (TPSA) is 72.6 Å². The largest absolute Gasteiger partial charge is 0.475 e. The molecule has 2 fully saturated rings. The lowest BCUT2D eigenvalue weighted by atomic mass is 9.85. The van der Waals surface area contributed by atoms with Crippen LogP contribution in [-0.4, -0.2) is 29.3 Å². The highest BCUT2D eigenvalue weighted by atomic mass is 16.5. The number of hydrogen-bond donors (Lipinski definition) is 1. The van der Waals surface area contributed by atoms with Crippen molar-refractivity contribution in [3.05, 3.63) is 17.3 Å². The normalized spacial score (nSPS) is 24.8. The second-order valence-electron chi connectivity index (χ2n) is 4.76. The summed E-state index contributed by atoms with van der Waals surface area (Å²) in [6.07, 6.45) is 4.12. The molecule has 1 aromatic heterocycles. The smallest absolute Gasteiger partial charge is 0.373 e. The van der Waals surface area contributed by atoms with Gasteiger partial charge in [0.05, 0.1) is 12.3 Å². The predicted octanol–water partition coefficient (Wildman–Crippen LogP) is 2.14. The molecular formula is C12H15NO4. The Morgan fingerprint density at radius 1 is 1.29 bits per heavy atom. The molecular weight excluding hydrogens is 222 g/mol. The molecule has 2 aliphatic rings. The van der Waals surface area contributed by atoms with Gasteiger partial charge in [-0.2, -0.15) is 0 Å². The average Bonchev–Trinajstić information content (AvgIpc) is 2.79. The monoisotopic (exact) mass is 237 g/mol. The maximum absolute atomic E-state index is 11.1. The van der Waals surface area contributed by atoms with Crippen LogP contribution < -0.4 is 0 Å². The van der Waals surface area contributed by atoms with Gasteiger partial charge in [-0.05, 0) is 19.3 Å². The summed E-state index contributed by atoms with van der Waals surface area (Å²) in [7, 11) is 0. The van der Waals surface area contributed by atoms with Crippen LogP contribution in [0.2, 0.25) is 0 Å². The molecule has 1 N–H and O–H groups in total. The van der Waals surface area contributed by atoms with Gasteiger partial charge in [0.2, 0.25) is 5.76 Å². The zero-order valence-electron chi connectivity index (χ0n) is 9.52. The molecule has 1 saturated heterocycles. The van der Waals surface area contributed by atoms with E-state index in [-0.39, 0.29) is 11.7 Å². The van der Waals surface area contributed by atoms with Gasteiger partial charge in [0.1, 0.15) is 0 Å². The van der Waals surface area contributed by atoms with Crippen molar-refractivity contribution >= 4 is 5.97 Å². The number of aromatic carboxylic acids is 1. The van der Waals surface area contributed by atoms with Gasteiger partial charge < -0.3 is 14.3 Å². The number of carboxylic acid groups (broad SMARTS) is 1. The highest BCUT2D eigenvalue weighted by Gasteiger charge is 2.32. The lowest BCUT2D eigenvalue weighted by Crippen LogP contribution is -2.09. The van der Waals surface area contributed by atoms with Crippen molar-refractivity contribution in [2.24, 2.45) is 0 Å². The van der Waals surface area contributed by atoms with Crippen LogP contribution in [0.3, 0.4) is 0 Å². The van der Waals surface area contributed by atoms with E-state index in [0.29, 0.717) is 30.7 Å². The summed E-state index contributed by atoms with van der Waals surface area (Å²) < 4.78 is 10.7. The fourth-order valence-corrected chi connectivity index (χ4v) is 2.36. The predicted molar refractivity (Wildman–Crippen MR) is 58.2 cm³/mol. The first-order valence-electron chi connectivity index (χ1n) is 6.07. The van der Waals surface area contributed by atoms with Crippen LogP contribution >= 0.6 is 0 Å². The van der Waals surface area contributed by atoms with Crippen LogP contribution in [0.1, 0.15) is 59.7 Å². The SMILES string of the molecule is O=C(O)c1oc(C2CCC2)nc1C1CCOC1. The van der Waals surface area contributed by atoms with Gasteiger partial charge in [0.15, 0.2) is 5.89 Å². The van der Waals surface area contributed by atoms with Crippen molar-refractivity contribution in [3.63, 3.8) is 0 Å². The summed E-state index contributed by atoms with van der Waals surface area (Å²) >= 11 is 0. The van der Waals surface area contributed by atoms with Gasteiger partial charge in [-0.15, -0.1) is 0 Å². The molecule has 0 radical (unpaired) electrons. The third-order valence-electron chi connectivity index (χ3n) is 3.63. The second-order valence-corrected chi connectivity index (χ2v) is 4.76. The van der Waals surface area contributed by atoms with E-state index in [4.69, 9.17) is 14.3 Å². The Kier molecular flexibility index (Phi) is 2.63. The van der Waals surface area contributed by atoms with E-state index in [9.17, 15) is 4.79 Å². The lowest BCUT2D eigenvalue weighted by molar-refractivity contribution is 0.0656. The van der Waals surface area contributed by atoms with E-state index in [2.05, 4.69) is 4.98 Å². The summed E-state index contributed by atoms with van der Waals surface area (Å²) in [4.78, 5) is 15.6. The van der Waals surface area contributed by atoms with Crippen molar-refractivity contribution in [3.8, 4) is 0 Å². The van der Waals surface area contributed by atoms with E-state index < -0.39 is 5.97 Å². The number of carboxylic acids is 1. The highest BCUT2D eigenvalue weighted by Crippen LogP contribution is 2.38. The molecule has 0 amide bonds. The molecule has 1 unspecified atom stereocenters. The van der Waals surface area contributed by atoms with Gasteiger partial charge in [-0.25, -0.2) is 9.78 Å². The first-order chi connectivity index (χ1) is 8.25. The fourth-order valence-electron chi connectivity index (χ4n) is 2.36. The molecule has 0 aromatic carbocycles. The molecule has 2 heterocycles. The molecule has 0 bridgehead atoms. The first kappa shape index (κ1) is 10.8. The van der Waals surface area contributed by atoms with E-state index in [1.165, 1.54) is 6.42 Å². The van der Waals surface area contributed by atoms with E-state index in [0.717, 1.165) is 19.3 Å². The van der Waals surface area contributed by atoms with Crippen molar-refractivity contribution in [2.75, 3.05) is 13.2 Å². The molecule has 92 valence electrons. The Balaban J connectivity index is 1.93. The number of ether oxygens (including phenoxy) is 1. The minimum Gasteiger partial charge on any atom is -0.475 e. The van der Waals surface area contributed by atoms with Crippen molar-refractivity contribution in [2.45, 2.75) is 37.5 Å². The Labute approximate surface area is 98.8 Å². The van der Waals surface area contributed by atoms with E-state index in [1.807, 2.05) is 0 Å². The summed E-state index contributed by atoms with van der Waals surface area (Å²) in [5, 5.41) is 9.14. The Hall–Kier alpha value is -1.36.